The van der Waals surface area contributed by atoms with E-state index < -0.39 is 0 Å². The van der Waals surface area contributed by atoms with Crippen molar-refractivity contribution >= 4 is 23.3 Å². The average Bonchev–Trinajstić information content (AvgIpc) is 3.53. The second kappa shape index (κ2) is 9.44. The maximum atomic E-state index is 12.5. The van der Waals surface area contributed by atoms with Crippen LogP contribution in [0.15, 0.2) is 41.8 Å². The number of amides is 3. The topological polar surface area (TPSA) is 61.4 Å². The van der Waals surface area contributed by atoms with E-state index in [0.29, 0.717) is 12.5 Å². The van der Waals surface area contributed by atoms with Crippen LogP contribution in [0.1, 0.15) is 65.4 Å². The maximum absolute atomic E-state index is 12.5. The second-order valence-corrected chi connectivity index (χ2v) is 9.04. The van der Waals surface area contributed by atoms with E-state index in [1.165, 1.54) is 30.6 Å². The summed E-state index contributed by atoms with van der Waals surface area (Å²) in [4.78, 5) is 28.1. The fraction of sp³-hybridized carbons (Fsp3) is 0.478. The number of benzene rings is 1. The third kappa shape index (κ3) is 4.99. The van der Waals surface area contributed by atoms with Crippen LogP contribution >= 0.6 is 11.3 Å². The van der Waals surface area contributed by atoms with E-state index in [0.717, 1.165) is 37.1 Å². The Kier molecular flexibility index (Phi) is 6.49. The highest BCUT2D eigenvalue weighted by Crippen LogP contribution is 2.37. The van der Waals surface area contributed by atoms with Gasteiger partial charge in [-0.3, -0.25) is 4.79 Å². The summed E-state index contributed by atoms with van der Waals surface area (Å²) in [7, 11) is 0. The first-order chi connectivity index (χ1) is 14.2. The summed E-state index contributed by atoms with van der Waals surface area (Å²) in [6.45, 7) is 2.16. The molecular formula is C23H29N3O2S. The van der Waals surface area contributed by atoms with Crippen LogP contribution in [0.2, 0.25) is 0 Å². The molecule has 1 aromatic carbocycles. The molecule has 3 amide bonds. The number of nitrogens with one attached hydrogen (secondary N) is 2. The molecule has 4 rings (SSSR count). The lowest BCUT2D eigenvalue weighted by Crippen LogP contribution is -2.39. The van der Waals surface area contributed by atoms with E-state index in [1.54, 1.807) is 11.3 Å². The Morgan fingerprint density at radius 3 is 2.41 bits per heavy atom. The van der Waals surface area contributed by atoms with Crippen LogP contribution in [0.5, 0.6) is 0 Å². The molecule has 2 fully saturated rings. The third-order valence-electron chi connectivity index (χ3n) is 6.05. The highest BCUT2D eigenvalue weighted by Gasteiger charge is 2.28. The number of thiophene rings is 1. The molecule has 2 aromatic rings. The van der Waals surface area contributed by atoms with Crippen LogP contribution in [-0.4, -0.2) is 29.9 Å². The molecule has 0 bridgehead atoms. The van der Waals surface area contributed by atoms with Crippen molar-refractivity contribution in [1.29, 1.82) is 0 Å². The molecule has 1 aromatic heterocycles. The van der Waals surface area contributed by atoms with Crippen molar-refractivity contribution in [3.05, 3.63) is 57.8 Å². The molecule has 6 heteroatoms. The van der Waals surface area contributed by atoms with Crippen molar-refractivity contribution in [3.8, 4) is 0 Å². The Morgan fingerprint density at radius 2 is 1.76 bits per heavy atom. The van der Waals surface area contributed by atoms with E-state index >= 15 is 0 Å². The Balaban J connectivity index is 1.31. The van der Waals surface area contributed by atoms with Crippen molar-refractivity contribution in [1.82, 2.24) is 15.5 Å². The van der Waals surface area contributed by atoms with E-state index in [2.05, 4.69) is 22.1 Å². The summed E-state index contributed by atoms with van der Waals surface area (Å²) in [5.41, 5.74) is 1.71. The highest BCUT2D eigenvalue weighted by molar-refractivity contribution is 7.10. The SMILES string of the molecule is O=C(NCc1ccc(C(=O)N2CCCC2)cc1)NC(c1cccs1)C1CCCC1. The molecule has 0 radical (unpaired) electrons. The van der Waals surface area contributed by atoms with Crippen molar-refractivity contribution < 1.29 is 9.59 Å². The number of carbonyl (C=O) groups is 2. The molecule has 154 valence electrons. The zero-order chi connectivity index (χ0) is 20.1. The van der Waals surface area contributed by atoms with Gasteiger partial charge >= 0.3 is 6.03 Å². The second-order valence-electron chi connectivity index (χ2n) is 8.06. The van der Waals surface area contributed by atoms with E-state index in [-0.39, 0.29) is 18.0 Å². The standard InChI is InChI=1S/C23H29N3O2S/c27-22(26-13-3-4-14-26)19-11-9-17(10-12-19)16-24-23(28)25-21(18-6-1-2-7-18)20-8-5-15-29-20/h5,8-12,15,18,21H,1-4,6-7,13-14,16H2,(H2,24,25,28). The van der Waals surface area contributed by atoms with Gasteiger partial charge in [-0.1, -0.05) is 31.0 Å². The fourth-order valence-corrected chi connectivity index (χ4v) is 5.29. The number of likely N-dealkylation sites (tertiary alicyclic amines) is 1. The number of hydrogen-bond donors (Lipinski definition) is 2. The molecule has 1 saturated carbocycles. The minimum atomic E-state index is -0.132. The van der Waals surface area contributed by atoms with Gasteiger partial charge in [-0.25, -0.2) is 4.79 Å². The van der Waals surface area contributed by atoms with Gasteiger partial charge in [0.1, 0.15) is 0 Å². The predicted octanol–water partition coefficient (Wildman–Crippen LogP) is 4.71. The van der Waals surface area contributed by atoms with Gasteiger partial charge in [0.25, 0.3) is 5.91 Å². The first-order valence-electron chi connectivity index (χ1n) is 10.7. The molecule has 0 spiro atoms. The molecule has 5 nitrogen and oxygen atoms in total. The molecular weight excluding hydrogens is 382 g/mol. The number of hydrogen-bond acceptors (Lipinski definition) is 3. The monoisotopic (exact) mass is 411 g/mol. The lowest BCUT2D eigenvalue weighted by Gasteiger charge is -2.24. The number of nitrogens with zero attached hydrogens (tertiary/aromatic N) is 1. The van der Waals surface area contributed by atoms with Gasteiger partial charge < -0.3 is 15.5 Å². The van der Waals surface area contributed by atoms with Crippen molar-refractivity contribution in [2.75, 3.05) is 13.1 Å². The van der Waals surface area contributed by atoms with Crippen LogP contribution in [0, 0.1) is 5.92 Å². The molecule has 1 aliphatic carbocycles. The Labute approximate surface area is 176 Å². The normalized spacial score (nSPS) is 18.0. The predicted molar refractivity (Wildman–Crippen MR) is 116 cm³/mol. The van der Waals surface area contributed by atoms with Crippen LogP contribution in [-0.2, 0) is 6.54 Å². The van der Waals surface area contributed by atoms with Gasteiger partial charge in [0.15, 0.2) is 0 Å². The van der Waals surface area contributed by atoms with Gasteiger partial charge in [-0.2, -0.15) is 0 Å². The molecule has 1 aliphatic heterocycles. The maximum Gasteiger partial charge on any atom is 0.315 e. The minimum absolute atomic E-state index is 0.0953. The van der Waals surface area contributed by atoms with Gasteiger partial charge in [0.2, 0.25) is 0 Å². The van der Waals surface area contributed by atoms with Crippen LogP contribution < -0.4 is 10.6 Å². The molecule has 1 atom stereocenters. The zero-order valence-electron chi connectivity index (χ0n) is 16.7. The summed E-state index contributed by atoms with van der Waals surface area (Å²) >= 11 is 1.71. The Morgan fingerprint density at radius 1 is 1.03 bits per heavy atom. The largest absolute Gasteiger partial charge is 0.339 e. The van der Waals surface area contributed by atoms with E-state index in [1.807, 2.05) is 35.2 Å². The third-order valence-corrected chi connectivity index (χ3v) is 7.01. The summed E-state index contributed by atoms with van der Waals surface area (Å²) in [5.74, 6) is 0.630. The molecule has 29 heavy (non-hydrogen) atoms. The zero-order valence-corrected chi connectivity index (χ0v) is 17.5. The van der Waals surface area contributed by atoms with Crippen LogP contribution in [0.3, 0.4) is 0 Å². The van der Waals surface area contributed by atoms with E-state index in [9.17, 15) is 9.59 Å². The number of carbonyl (C=O) groups excluding carboxylic acids is 2. The highest BCUT2D eigenvalue weighted by atomic mass is 32.1. The lowest BCUT2D eigenvalue weighted by atomic mass is 9.97. The van der Waals surface area contributed by atoms with Crippen LogP contribution in [0.25, 0.3) is 0 Å². The van der Waals surface area contributed by atoms with E-state index in [4.69, 9.17) is 0 Å². The van der Waals surface area contributed by atoms with Gasteiger partial charge in [-0.15, -0.1) is 11.3 Å². The van der Waals surface area contributed by atoms with Crippen molar-refractivity contribution in [2.45, 2.75) is 51.1 Å². The lowest BCUT2D eigenvalue weighted by molar-refractivity contribution is 0.0793. The Hall–Kier alpha value is -2.34. The smallest absolute Gasteiger partial charge is 0.315 e. The minimum Gasteiger partial charge on any atom is -0.339 e. The van der Waals surface area contributed by atoms with Crippen molar-refractivity contribution in [2.24, 2.45) is 5.92 Å². The Bertz CT molecular complexity index is 807. The molecule has 2 heterocycles. The molecule has 1 saturated heterocycles. The van der Waals surface area contributed by atoms with Gasteiger partial charge in [-0.05, 0) is 60.7 Å². The number of rotatable bonds is 6. The molecule has 2 aliphatic rings. The molecule has 1 unspecified atom stereocenters. The van der Waals surface area contributed by atoms with Gasteiger partial charge in [0, 0.05) is 30.1 Å². The van der Waals surface area contributed by atoms with Crippen molar-refractivity contribution in [3.63, 3.8) is 0 Å². The summed E-state index contributed by atoms with van der Waals surface area (Å²) in [5, 5.41) is 8.25. The fourth-order valence-electron chi connectivity index (χ4n) is 4.42. The summed E-state index contributed by atoms with van der Waals surface area (Å²) in [6, 6.07) is 11.7. The molecule has 2 N–H and O–H groups in total. The number of urea groups is 1. The van der Waals surface area contributed by atoms with Gasteiger partial charge in [0.05, 0.1) is 6.04 Å². The first-order valence-corrected chi connectivity index (χ1v) is 11.5. The summed E-state index contributed by atoms with van der Waals surface area (Å²) in [6.07, 6.45) is 7.04. The summed E-state index contributed by atoms with van der Waals surface area (Å²) < 4.78 is 0. The van der Waals surface area contributed by atoms with Crippen LogP contribution in [0.4, 0.5) is 4.79 Å². The first kappa shape index (κ1) is 20.0. The average molecular weight is 412 g/mol. The quantitative estimate of drug-likeness (QED) is 0.723.